The number of rotatable bonds is 2. The second-order valence-electron chi connectivity index (χ2n) is 4.06. The van der Waals surface area contributed by atoms with Crippen LogP contribution in [0.5, 0.6) is 0 Å². The van der Waals surface area contributed by atoms with Crippen molar-refractivity contribution in [3.63, 3.8) is 0 Å². The number of ether oxygens (including phenoxy) is 1. The van der Waals surface area contributed by atoms with Gasteiger partial charge in [-0.1, -0.05) is 7.43 Å². The Balaban J connectivity index is 0.00000115. The molecule has 1 aliphatic rings. The van der Waals surface area contributed by atoms with Gasteiger partial charge in [0.1, 0.15) is 6.17 Å². The van der Waals surface area contributed by atoms with E-state index in [1.807, 2.05) is 0 Å². The summed E-state index contributed by atoms with van der Waals surface area (Å²) in [5, 5.41) is 15.9. The van der Waals surface area contributed by atoms with E-state index in [1.54, 1.807) is 0 Å². The van der Waals surface area contributed by atoms with Crippen LogP contribution in [0.1, 0.15) is 25.6 Å². The zero-order valence-electron chi connectivity index (χ0n) is 10.7. The molecule has 0 aromatic carbocycles. The number of hydrogen-bond donors (Lipinski definition) is 3. The molecule has 20 heavy (non-hydrogen) atoms. The van der Waals surface area contributed by atoms with Gasteiger partial charge in [0, 0.05) is 25.3 Å². The van der Waals surface area contributed by atoms with E-state index in [4.69, 9.17) is 14.9 Å². The lowest BCUT2D eigenvalue weighted by Crippen LogP contribution is -2.35. The van der Waals surface area contributed by atoms with Gasteiger partial charge in [-0.05, 0) is 6.92 Å². The molecule has 3 N–H and O–H groups in total. The topological polar surface area (TPSA) is 105 Å². The number of aromatic amines is 1. The minimum absolute atomic E-state index is 0. The van der Waals surface area contributed by atoms with Crippen molar-refractivity contribution in [2.24, 2.45) is 0 Å². The highest BCUT2D eigenvalue weighted by Gasteiger charge is 2.36. The summed E-state index contributed by atoms with van der Waals surface area (Å²) in [6.07, 6.45) is -1.79. The van der Waals surface area contributed by atoms with Crippen molar-refractivity contribution in [1.82, 2.24) is 9.55 Å². The Kier molecular flexibility index (Phi) is 7.33. The molecule has 0 radical (unpaired) electrons. The average molecular weight is 292 g/mol. The van der Waals surface area contributed by atoms with Gasteiger partial charge in [0.2, 0.25) is 0 Å². The van der Waals surface area contributed by atoms with E-state index in [-0.39, 0.29) is 20.5 Å². The zero-order chi connectivity index (χ0) is 14.6. The fourth-order valence-electron chi connectivity index (χ4n) is 1.84. The molecule has 0 spiro atoms. The van der Waals surface area contributed by atoms with Crippen molar-refractivity contribution >= 4 is 0 Å². The molecule has 1 fully saturated rings. The van der Waals surface area contributed by atoms with Crippen LogP contribution in [-0.4, -0.2) is 45.8 Å². The number of aryl methyl sites for hydroxylation is 1. The molecule has 1 aliphatic heterocycles. The summed E-state index contributed by atoms with van der Waals surface area (Å²) in [6, 6.07) is 0. The Morgan fingerprint density at radius 1 is 1.50 bits per heavy atom. The first-order valence-corrected chi connectivity index (χ1v) is 5.70. The SMILES string of the molecule is C.CO.Cc1cn([C@@H]2O[C@H](CO)CC2F)c(=O)[nH]c1=O. The fourth-order valence-corrected chi connectivity index (χ4v) is 1.84. The van der Waals surface area contributed by atoms with Crippen LogP contribution in [0.25, 0.3) is 0 Å². The molecule has 1 aromatic heterocycles. The van der Waals surface area contributed by atoms with Crippen molar-refractivity contribution in [2.75, 3.05) is 13.7 Å². The molecule has 1 saturated heterocycles. The van der Waals surface area contributed by atoms with Crippen LogP contribution in [0.4, 0.5) is 4.39 Å². The van der Waals surface area contributed by atoms with E-state index in [9.17, 15) is 14.0 Å². The highest BCUT2D eigenvalue weighted by molar-refractivity contribution is 5.02. The number of nitrogens with one attached hydrogen (secondary N) is 1. The third-order valence-electron chi connectivity index (χ3n) is 2.75. The predicted molar refractivity (Wildman–Crippen MR) is 71.4 cm³/mol. The molecule has 3 atom stereocenters. The average Bonchev–Trinajstić information content (AvgIpc) is 2.77. The monoisotopic (exact) mass is 292 g/mol. The Morgan fingerprint density at radius 2 is 2.10 bits per heavy atom. The van der Waals surface area contributed by atoms with E-state index in [0.717, 1.165) is 11.7 Å². The molecule has 8 heteroatoms. The van der Waals surface area contributed by atoms with Crippen LogP contribution in [0.15, 0.2) is 15.8 Å². The van der Waals surface area contributed by atoms with Gasteiger partial charge >= 0.3 is 5.69 Å². The number of aliphatic hydroxyl groups is 2. The third-order valence-corrected chi connectivity index (χ3v) is 2.75. The molecular weight excluding hydrogens is 271 g/mol. The van der Waals surface area contributed by atoms with E-state index < -0.39 is 29.8 Å². The Hall–Kier alpha value is -1.51. The zero-order valence-corrected chi connectivity index (χ0v) is 10.7. The molecule has 0 bridgehead atoms. The van der Waals surface area contributed by atoms with E-state index in [1.165, 1.54) is 13.1 Å². The maximum atomic E-state index is 13.6. The number of aliphatic hydroxyl groups excluding tert-OH is 2. The summed E-state index contributed by atoms with van der Waals surface area (Å²) < 4.78 is 19.8. The Bertz CT molecular complexity index is 527. The van der Waals surface area contributed by atoms with Crippen LogP contribution in [0, 0.1) is 6.92 Å². The van der Waals surface area contributed by atoms with Crippen molar-refractivity contribution in [3.8, 4) is 0 Å². The van der Waals surface area contributed by atoms with Crippen LogP contribution in [0.3, 0.4) is 0 Å². The third kappa shape index (κ3) is 3.75. The second-order valence-corrected chi connectivity index (χ2v) is 4.06. The summed E-state index contributed by atoms with van der Waals surface area (Å²) in [5.41, 5.74) is -0.918. The summed E-state index contributed by atoms with van der Waals surface area (Å²) in [7, 11) is 1.00. The van der Waals surface area contributed by atoms with E-state index in [0.29, 0.717) is 5.56 Å². The molecule has 1 unspecified atom stereocenters. The summed E-state index contributed by atoms with van der Waals surface area (Å²) >= 11 is 0. The van der Waals surface area contributed by atoms with Gasteiger partial charge in [0.25, 0.3) is 5.56 Å². The fraction of sp³-hybridized carbons (Fsp3) is 0.667. The lowest BCUT2D eigenvalue weighted by Gasteiger charge is -2.16. The molecule has 7 nitrogen and oxygen atoms in total. The van der Waals surface area contributed by atoms with E-state index >= 15 is 0 Å². The largest absolute Gasteiger partial charge is 0.400 e. The van der Waals surface area contributed by atoms with Gasteiger partial charge in [-0.2, -0.15) is 0 Å². The predicted octanol–water partition coefficient (Wildman–Crippen LogP) is -0.292. The van der Waals surface area contributed by atoms with Crippen LogP contribution in [0.2, 0.25) is 0 Å². The number of nitrogens with zero attached hydrogens (tertiary/aromatic N) is 1. The number of hydrogen-bond acceptors (Lipinski definition) is 5. The minimum atomic E-state index is -1.38. The van der Waals surface area contributed by atoms with Crippen LogP contribution < -0.4 is 11.2 Å². The molecule has 2 rings (SSSR count). The molecule has 2 heterocycles. The summed E-state index contributed by atoms with van der Waals surface area (Å²) in [5.74, 6) is 0. The Labute approximate surface area is 115 Å². The highest BCUT2D eigenvalue weighted by Crippen LogP contribution is 2.29. The summed E-state index contributed by atoms with van der Waals surface area (Å²) in [6.45, 7) is 1.22. The molecular formula is C12H21FN2O5. The maximum Gasteiger partial charge on any atom is 0.330 e. The van der Waals surface area contributed by atoms with Crippen LogP contribution in [-0.2, 0) is 4.74 Å². The van der Waals surface area contributed by atoms with Crippen LogP contribution >= 0.6 is 0 Å². The first kappa shape index (κ1) is 18.5. The number of aromatic nitrogens is 2. The van der Waals surface area contributed by atoms with Gasteiger partial charge in [-0.25, -0.2) is 9.18 Å². The smallest absolute Gasteiger partial charge is 0.330 e. The molecule has 0 saturated carbocycles. The maximum absolute atomic E-state index is 13.6. The lowest BCUT2D eigenvalue weighted by molar-refractivity contribution is -0.0395. The van der Waals surface area contributed by atoms with Gasteiger partial charge < -0.3 is 14.9 Å². The normalized spacial score (nSPS) is 24.6. The van der Waals surface area contributed by atoms with Crippen molar-refractivity contribution < 1.29 is 19.3 Å². The first-order chi connectivity index (χ1) is 9.02. The van der Waals surface area contributed by atoms with Gasteiger partial charge in [-0.3, -0.25) is 14.3 Å². The molecule has 1 aromatic rings. The van der Waals surface area contributed by atoms with Crippen molar-refractivity contribution in [3.05, 3.63) is 32.6 Å². The molecule has 116 valence electrons. The van der Waals surface area contributed by atoms with Gasteiger partial charge in [-0.15, -0.1) is 0 Å². The van der Waals surface area contributed by atoms with Crippen molar-refractivity contribution in [1.29, 1.82) is 0 Å². The second kappa shape index (κ2) is 7.93. The Morgan fingerprint density at radius 3 is 2.60 bits per heavy atom. The van der Waals surface area contributed by atoms with Crippen molar-refractivity contribution in [2.45, 2.75) is 39.3 Å². The van der Waals surface area contributed by atoms with Gasteiger partial charge in [0.15, 0.2) is 6.23 Å². The van der Waals surface area contributed by atoms with Gasteiger partial charge in [0.05, 0.1) is 12.7 Å². The standard InChI is InChI=1S/C10H13FN2O4.CH4O.CH4/c1-5-3-13(10(16)12-8(5)15)9-7(11)2-6(4-14)17-9;1-2;/h3,6-7,9,14H,2,4H2,1H3,(H,12,15,16);2H,1H3;1H4/t6-,7?,9+;;/m0../s1. The first-order valence-electron chi connectivity index (χ1n) is 5.70. The lowest BCUT2D eigenvalue weighted by atomic mass is 10.2. The minimum Gasteiger partial charge on any atom is -0.400 e. The number of halogens is 1. The van der Waals surface area contributed by atoms with E-state index in [2.05, 4.69) is 4.98 Å². The quantitative estimate of drug-likeness (QED) is 0.694. The highest BCUT2D eigenvalue weighted by atomic mass is 19.1. The molecule has 0 amide bonds. The summed E-state index contributed by atoms with van der Waals surface area (Å²) in [4.78, 5) is 24.8. The number of H-pyrrole nitrogens is 1. The molecule has 0 aliphatic carbocycles. The number of alkyl halides is 1.